The van der Waals surface area contributed by atoms with Crippen molar-refractivity contribution in [2.75, 3.05) is 17.7 Å². The second kappa shape index (κ2) is 10.4. The molecule has 12 heteroatoms. The Morgan fingerprint density at radius 1 is 1.06 bits per heavy atom. The fraction of sp³-hybridized carbons (Fsp3) is 0.182. The molecule has 0 saturated heterocycles. The third-order valence-electron chi connectivity index (χ3n) is 4.35. The SMILES string of the molecule is COc1cc(CC(C)=O)ccc1Oc1ncncc1NC(=O)Nc1ccc(Cl)cc1C(F)(F)F. The molecule has 0 unspecified atom stereocenters. The van der Waals surface area contributed by atoms with E-state index in [1.807, 2.05) is 0 Å². The molecule has 3 rings (SSSR count). The molecule has 2 amide bonds. The van der Waals surface area contributed by atoms with E-state index in [1.54, 1.807) is 18.2 Å². The van der Waals surface area contributed by atoms with Gasteiger partial charge in [-0.05, 0) is 42.8 Å². The van der Waals surface area contributed by atoms with Crippen LogP contribution < -0.4 is 20.1 Å². The van der Waals surface area contributed by atoms with E-state index in [4.69, 9.17) is 21.1 Å². The van der Waals surface area contributed by atoms with E-state index in [-0.39, 0.29) is 34.5 Å². The maximum absolute atomic E-state index is 13.3. The minimum absolute atomic E-state index is 0.0163. The number of halogens is 4. The standard InChI is InChI=1S/C22H18ClF3N4O4/c1-12(31)7-13-3-6-18(19(8-13)33-2)34-20-17(10-27-11-28-20)30-21(32)29-16-5-4-14(23)9-15(16)22(24,25)26/h3-6,8-11H,7H2,1-2H3,(H2,29,30,32). The van der Waals surface area contributed by atoms with Gasteiger partial charge in [-0.15, -0.1) is 0 Å². The van der Waals surface area contributed by atoms with E-state index in [2.05, 4.69) is 20.6 Å². The highest BCUT2D eigenvalue weighted by atomic mass is 35.5. The fourth-order valence-corrected chi connectivity index (χ4v) is 3.09. The van der Waals surface area contributed by atoms with E-state index >= 15 is 0 Å². The molecular weight excluding hydrogens is 477 g/mol. The summed E-state index contributed by atoms with van der Waals surface area (Å²) in [5.74, 6) is 0.422. The third-order valence-corrected chi connectivity index (χ3v) is 4.58. The normalized spacial score (nSPS) is 11.0. The van der Waals surface area contributed by atoms with Crippen molar-refractivity contribution >= 4 is 34.8 Å². The van der Waals surface area contributed by atoms with E-state index in [1.165, 1.54) is 26.3 Å². The Labute approximate surface area is 197 Å². The number of Topliss-reactive ketones (excluding diaryl/α,β-unsaturated/α-hetero) is 1. The van der Waals surface area contributed by atoms with Crippen LogP contribution in [0.2, 0.25) is 5.02 Å². The lowest BCUT2D eigenvalue weighted by Crippen LogP contribution is -2.22. The van der Waals surface area contributed by atoms with Crippen LogP contribution in [0.15, 0.2) is 48.9 Å². The van der Waals surface area contributed by atoms with E-state index in [0.29, 0.717) is 17.4 Å². The van der Waals surface area contributed by atoms with Crippen LogP contribution in [0.4, 0.5) is 29.3 Å². The van der Waals surface area contributed by atoms with Gasteiger partial charge in [0.15, 0.2) is 11.5 Å². The number of nitrogens with one attached hydrogen (secondary N) is 2. The van der Waals surface area contributed by atoms with E-state index in [0.717, 1.165) is 12.4 Å². The summed E-state index contributed by atoms with van der Waals surface area (Å²) in [6.07, 6.45) is -2.15. The predicted octanol–water partition coefficient (Wildman–Crippen LogP) is 5.73. The van der Waals surface area contributed by atoms with E-state index in [9.17, 15) is 22.8 Å². The number of benzene rings is 2. The molecule has 2 N–H and O–H groups in total. The van der Waals surface area contributed by atoms with Crippen LogP contribution >= 0.6 is 11.6 Å². The second-order valence-electron chi connectivity index (χ2n) is 6.97. The average Bonchev–Trinajstić information content (AvgIpc) is 2.76. The van der Waals surface area contributed by atoms with Crippen molar-refractivity contribution < 1.29 is 32.2 Å². The molecule has 0 spiro atoms. The first-order chi connectivity index (χ1) is 16.1. The van der Waals surface area contributed by atoms with Crippen molar-refractivity contribution in [2.24, 2.45) is 0 Å². The number of rotatable bonds is 7. The zero-order chi connectivity index (χ0) is 24.9. The highest BCUT2D eigenvalue weighted by molar-refractivity contribution is 6.30. The number of hydrogen-bond donors (Lipinski definition) is 2. The molecule has 0 aliphatic rings. The molecule has 0 saturated carbocycles. The minimum Gasteiger partial charge on any atom is -0.493 e. The number of carbonyl (C=O) groups is 2. The van der Waals surface area contributed by atoms with Crippen molar-refractivity contribution in [1.29, 1.82) is 0 Å². The lowest BCUT2D eigenvalue weighted by molar-refractivity contribution is -0.136. The van der Waals surface area contributed by atoms with Crippen molar-refractivity contribution in [1.82, 2.24) is 9.97 Å². The number of amides is 2. The number of nitrogens with zero attached hydrogens (tertiary/aromatic N) is 2. The van der Waals surface area contributed by atoms with Gasteiger partial charge in [-0.1, -0.05) is 17.7 Å². The molecule has 0 atom stereocenters. The van der Waals surface area contributed by atoms with Crippen LogP contribution in [0.1, 0.15) is 18.1 Å². The number of alkyl halides is 3. The van der Waals surface area contributed by atoms with Crippen LogP contribution in [0.3, 0.4) is 0 Å². The summed E-state index contributed by atoms with van der Waals surface area (Å²) >= 11 is 5.66. The van der Waals surface area contributed by atoms with Crippen molar-refractivity contribution in [3.05, 3.63) is 65.1 Å². The number of ketones is 1. The number of carbonyl (C=O) groups excluding carboxylic acids is 2. The van der Waals surface area contributed by atoms with Gasteiger partial charge in [0.2, 0.25) is 5.88 Å². The number of anilines is 2. The number of methoxy groups -OCH3 is 1. The van der Waals surface area contributed by atoms with Crippen LogP contribution in [0.25, 0.3) is 0 Å². The molecule has 3 aromatic rings. The smallest absolute Gasteiger partial charge is 0.418 e. The molecule has 178 valence electrons. The second-order valence-corrected chi connectivity index (χ2v) is 7.41. The summed E-state index contributed by atoms with van der Waals surface area (Å²) in [7, 11) is 1.41. The first-order valence-corrected chi connectivity index (χ1v) is 10.0. The largest absolute Gasteiger partial charge is 0.493 e. The fourth-order valence-electron chi connectivity index (χ4n) is 2.92. The van der Waals surface area contributed by atoms with Crippen LogP contribution in [-0.4, -0.2) is 28.9 Å². The quantitative estimate of drug-likeness (QED) is 0.435. The highest BCUT2D eigenvalue weighted by Gasteiger charge is 2.34. The number of hydrogen-bond acceptors (Lipinski definition) is 6. The lowest BCUT2D eigenvalue weighted by atomic mass is 10.1. The monoisotopic (exact) mass is 494 g/mol. The summed E-state index contributed by atoms with van der Waals surface area (Å²) in [4.78, 5) is 31.6. The summed E-state index contributed by atoms with van der Waals surface area (Å²) < 4.78 is 50.9. The molecule has 8 nitrogen and oxygen atoms in total. The van der Waals surface area contributed by atoms with Gasteiger partial charge in [0, 0.05) is 11.4 Å². The van der Waals surface area contributed by atoms with Gasteiger partial charge in [0.25, 0.3) is 0 Å². The molecule has 1 heterocycles. The minimum atomic E-state index is -4.73. The van der Waals surface area contributed by atoms with Crippen LogP contribution in [0.5, 0.6) is 17.4 Å². The molecule has 0 aliphatic heterocycles. The average molecular weight is 495 g/mol. The van der Waals surface area contributed by atoms with Gasteiger partial charge in [-0.2, -0.15) is 18.2 Å². The van der Waals surface area contributed by atoms with Crippen molar-refractivity contribution in [2.45, 2.75) is 19.5 Å². The van der Waals surface area contributed by atoms with Crippen LogP contribution in [-0.2, 0) is 17.4 Å². The Balaban J connectivity index is 1.81. The summed E-state index contributed by atoms with van der Waals surface area (Å²) in [6, 6.07) is 6.82. The number of aromatic nitrogens is 2. The number of urea groups is 1. The maximum Gasteiger partial charge on any atom is 0.418 e. The summed E-state index contributed by atoms with van der Waals surface area (Å²) in [5, 5.41) is 4.37. The predicted molar refractivity (Wildman–Crippen MR) is 119 cm³/mol. The Hall–Kier alpha value is -3.86. The van der Waals surface area contributed by atoms with Gasteiger partial charge in [0.1, 0.15) is 17.8 Å². The van der Waals surface area contributed by atoms with Gasteiger partial charge in [-0.3, -0.25) is 4.79 Å². The Morgan fingerprint density at radius 2 is 1.79 bits per heavy atom. The molecule has 0 radical (unpaired) electrons. The Bertz CT molecular complexity index is 1220. The zero-order valence-corrected chi connectivity index (χ0v) is 18.6. The molecular formula is C22H18ClF3N4O4. The van der Waals surface area contributed by atoms with Gasteiger partial charge < -0.3 is 20.1 Å². The Kier molecular flexibility index (Phi) is 7.57. The van der Waals surface area contributed by atoms with Gasteiger partial charge >= 0.3 is 12.2 Å². The van der Waals surface area contributed by atoms with Gasteiger partial charge in [-0.25, -0.2) is 9.78 Å². The Morgan fingerprint density at radius 3 is 2.47 bits per heavy atom. The molecule has 0 fully saturated rings. The third kappa shape index (κ3) is 6.35. The molecule has 0 bridgehead atoms. The summed E-state index contributed by atoms with van der Waals surface area (Å²) in [5.41, 5.74) is -0.902. The first-order valence-electron chi connectivity index (χ1n) is 9.65. The zero-order valence-electron chi connectivity index (χ0n) is 17.9. The topological polar surface area (TPSA) is 102 Å². The highest BCUT2D eigenvalue weighted by Crippen LogP contribution is 2.37. The van der Waals surface area contributed by atoms with E-state index < -0.39 is 23.5 Å². The molecule has 0 aliphatic carbocycles. The molecule has 34 heavy (non-hydrogen) atoms. The first kappa shape index (κ1) is 24.8. The maximum atomic E-state index is 13.3. The van der Waals surface area contributed by atoms with Crippen molar-refractivity contribution in [3.8, 4) is 17.4 Å². The van der Waals surface area contributed by atoms with Crippen molar-refractivity contribution in [3.63, 3.8) is 0 Å². The molecule has 1 aromatic heterocycles. The van der Waals surface area contributed by atoms with Gasteiger partial charge in [0.05, 0.1) is 24.6 Å². The number of ether oxygens (including phenoxy) is 2. The lowest BCUT2D eigenvalue weighted by Gasteiger charge is -2.16. The van der Waals surface area contributed by atoms with Crippen LogP contribution in [0, 0.1) is 0 Å². The molecule has 2 aromatic carbocycles. The summed E-state index contributed by atoms with van der Waals surface area (Å²) in [6.45, 7) is 1.46.